The largest absolute Gasteiger partial charge is 0.496 e. The summed E-state index contributed by atoms with van der Waals surface area (Å²) in [5.74, 6) is -1.08. The van der Waals surface area contributed by atoms with Crippen molar-refractivity contribution in [2.45, 2.75) is 32.5 Å². The van der Waals surface area contributed by atoms with Crippen molar-refractivity contribution in [2.24, 2.45) is 5.92 Å². The Morgan fingerprint density at radius 2 is 1.54 bits per heavy atom. The Hall–Kier alpha value is -4.07. The van der Waals surface area contributed by atoms with Crippen molar-refractivity contribution in [3.8, 4) is 5.75 Å². The minimum absolute atomic E-state index is 0.0666. The summed E-state index contributed by atoms with van der Waals surface area (Å²) in [6.45, 7) is 3.64. The van der Waals surface area contributed by atoms with Crippen molar-refractivity contribution in [3.63, 3.8) is 0 Å². The Balaban J connectivity index is 1.83. The third kappa shape index (κ3) is 6.29. The molecule has 184 valence electrons. The van der Waals surface area contributed by atoms with Crippen LogP contribution in [0, 0.1) is 5.92 Å². The molecule has 3 aromatic carbocycles. The first-order chi connectivity index (χ1) is 16.8. The molecular formula is C27H30N2O6. The summed E-state index contributed by atoms with van der Waals surface area (Å²) in [5, 5.41) is 6.96. The van der Waals surface area contributed by atoms with Gasteiger partial charge in [0.25, 0.3) is 0 Å². The lowest BCUT2D eigenvalue weighted by Gasteiger charge is -2.26. The Morgan fingerprint density at radius 3 is 2.20 bits per heavy atom. The number of methoxy groups -OCH3 is 2. The average Bonchev–Trinajstić information content (AvgIpc) is 2.88. The molecule has 3 aromatic rings. The number of carbonyl (C=O) groups excluding carboxylic acids is 3. The number of carbonyl (C=O) groups is 3. The van der Waals surface area contributed by atoms with Gasteiger partial charge in [-0.2, -0.15) is 0 Å². The van der Waals surface area contributed by atoms with E-state index in [0.29, 0.717) is 11.3 Å². The zero-order valence-electron chi connectivity index (χ0n) is 20.2. The van der Waals surface area contributed by atoms with E-state index in [0.717, 1.165) is 16.3 Å². The second-order valence-electron chi connectivity index (χ2n) is 8.30. The number of benzene rings is 3. The normalized spacial score (nSPS) is 12.5. The number of rotatable bonds is 9. The van der Waals surface area contributed by atoms with Gasteiger partial charge in [-0.15, -0.1) is 0 Å². The van der Waals surface area contributed by atoms with Gasteiger partial charge in [0, 0.05) is 5.56 Å². The predicted molar refractivity (Wildman–Crippen MR) is 132 cm³/mol. The van der Waals surface area contributed by atoms with Crippen LogP contribution in [0.25, 0.3) is 10.8 Å². The number of alkyl carbamates (subject to hydrolysis) is 1. The van der Waals surface area contributed by atoms with Gasteiger partial charge >= 0.3 is 12.1 Å². The maximum Gasteiger partial charge on any atom is 0.408 e. The van der Waals surface area contributed by atoms with Gasteiger partial charge in [0.05, 0.1) is 14.2 Å². The first kappa shape index (κ1) is 25.6. The van der Waals surface area contributed by atoms with Gasteiger partial charge in [-0.1, -0.05) is 74.5 Å². The van der Waals surface area contributed by atoms with Crippen LogP contribution in [0.15, 0.2) is 66.7 Å². The fraction of sp³-hybridized carbons (Fsp3) is 0.296. The number of nitrogens with one attached hydrogen (secondary N) is 2. The Kier molecular flexibility index (Phi) is 8.67. The topological polar surface area (TPSA) is 103 Å². The Morgan fingerprint density at radius 1 is 0.857 bits per heavy atom. The van der Waals surface area contributed by atoms with Crippen molar-refractivity contribution < 1.29 is 28.6 Å². The van der Waals surface area contributed by atoms with Gasteiger partial charge in [0.15, 0.2) is 6.04 Å². The highest BCUT2D eigenvalue weighted by atomic mass is 16.5. The van der Waals surface area contributed by atoms with Crippen LogP contribution in [0.4, 0.5) is 4.79 Å². The van der Waals surface area contributed by atoms with Crippen LogP contribution < -0.4 is 15.4 Å². The monoisotopic (exact) mass is 478 g/mol. The standard InChI is InChI=1S/C27H30N2O6/c1-17(2)23(29-27(32)35-16-18-10-6-5-7-11-18)25(30)28-24(26(31)34-4)22-20-13-9-8-12-19(20)14-15-21(22)33-3/h5-15,17,23-24H,16H2,1-4H3,(H,28,30)(H,29,32)/t23-,24?/m0/s1. The number of amides is 2. The van der Waals surface area contributed by atoms with Crippen molar-refractivity contribution in [1.29, 1.82) is 0 Å². The molecule has 2 atom stereocenters. The quantitative estimate of drug-likeness (QED) is 0.449. The molecule has 8 nitrogen and oxygen atoms in total. The number of hydrogen-bond donors (Lipinski definition) is 2. The predicted octanol–water partition coefficient (Wildman–Crippen LogP) is 4.13. The molecule has 0 aromatic heterocycles. The van der Waals surface area contributed by atoms with E-state index in [1.54, 1.807) is 19.9 Å². The van der Waals surface area contributed by atoms with E-state index in [-0.39, 0.29) is 12.5 Å². The molecule has 0 saturated heterocycles. The molecule has 8 heteroatoms. The van der Waals surface area contributed by atoms with E-state index in [1.165, 1.54) is 14.2 Å². The highest BCUT2D eigenvalue weighted by Crippen LogP contribution is 2.34. The summed E-state index contributed by atoms with van der Waals surface area (Å²) in [6.07, 6.45) is -0.736. The maximum atomic E-state index is 13.3. The first-order valence-corrected chi connectivity index (χ1v) is 11.3. The number of fused-ring (bicyclic) bond motifs is 1. The lowest BCUT2D eigenvalue weighted by atomic mass is 9.96. The molecule has 0 aliphatic rings. The SMILES string of the molecule is COC(=O)C(NC(=O)[C@@H](NC(=O)OCc1ccccc1)C(C)C)c1c(OC)ccc2ccccc12. The van der Waals surface area contributed by atoms with E-state index < -0.39 is 30.1 Å². The smallest absolute Gasteiger partial charge is 0.408 e. The summed E-state index contributed by atoms with van der Waals surface area (Å²) in [7, 11) is 2.74. The van der Waals surface area contributed by atoms with Gasteiger partial charge in [-0.25, -0.2) is 9.59 Å². The minimum Gasteiger partial charge on any atom is -0.496 e. The summed E-state index contributed by atoms with van der Waals surface area (Å²) >= 11 is 0. The molecule has 35 heavy (non-hydrogen) atoms. The molecule has 0 spiro atoms. The third-order valence-electron chi connectivity index (χ3n) is 5.60. The first-order valence-electron chi connectivity index (χ1n) is 11.3. The van der Waals surface area contributed by atoms with Gasteiger partial charge in [-0.05, 0) is 28.3 Å². The van der Waals surface area contributed by atoms with Crippen LogP contribution in [-0.2, 0) is 25.7 Å². The van der Waals surface area contributed by atoms with Gasteiger partial charge in [0.2, 0.25) is 5.91 Å². The summed E-state index contributed by atoms with van der Waals surface area (Å²) in [5.41, 5.74) is 1.29. The average molecular weight is 479 g/mol. The number of esters is 1. The third-order valence-corrected chi connectivity index (χ3v) is 5.60. The van der Waals surface area contributed by atoms with Crippen molar-refractivity contribution >= 4 is 28.7 Å². The van der Waals surface area contributed by atoms with Gasteiger partial charge in [0.1, 0.15) is 18.4 Å². The van der Waals surface area contributed by atoms with Crippen molar-refractivity contribution in [1.82, 2.24) is 10.6 Å². The molecule has 0 fully saturated rings. The Labute approximate surface area is 204 Å². The van der Waals surface area contributed by atoms with Crippen LogP contribution in [-0.4, -0.2) is 38.2 Å². The van der Waals surface area contributed by atoms with Crippen LogP contribution in [0.2, 0.25) is 0 Å². The molecule has 0 aliphatic heterocycles. The molecule has 1 unspecified atom stereocenters. The van der Waals surface area contributed by atoms with Crippen LogP contribution >= 0.6 is 0 Å². The van der Waals surface area contributed by atoms with E-state index in [2.05, 4.69) is 10.6 Å². The van der Waals surface area contributed by atoms with Gasteiger partial charge in [-0.3, -0.25) is 4.79 Å². The molecule has 0 heterocycles. The maximum absolute atomic E-state index is 13.3. The number of hydrogen-bond acceptors (Lipinski definition) is 6. The van der Waals surface area contributed by atoms with E-state index in [9.17, 15) is 14.4 Å². The van der Waals surface area contributed by atoms with E-state index in [4.69, 9.17) is 14.2 Å². The van der Waals surface area contributed by atoms with Crippen molar-refractivity contribution in [2.75, 3.05) is 14.2 Å². The molecule has 0 bridgehead atoms. The second-order valence-corrected chi connectivity index (χ2v) is 8.30. The molecule has 2 N–H and O–H groups in total. The summed E-state index contributed by atoms with van der Waals surface area (Å²) in [6, 6.07) is 18.2. The number of ether oxygens (including phenoxy) is 3. The highest BCUT2D eigenvalue weighted by Gasteiger charge is 2.33. The summed E-state index contributed by atoms with van der Waals surface area (Å²) < 4.78 is 15.8. The fourth-order valence-electron chi connectivity index (χ4n) is 3.78. The van der Waals surface area contributed by atoms with E-state index >= 15 is 0 Å². The van der Waals surface area contributed by atoms with Crippen LogP contribution in [0.5, 0.6) is 5.75 Å². The molecule has 0 aliphatic carbocycles. The lowest BCUT2D eigenvalue weighted by Crippen LogP contribution is -2.51. The highest BCUT2D eigenvalue weighted by molar-refractivity contribution is 5.96. The minimum atomic E-state index is -1.16. The molecule has 3 rings (SSSR count). The molecular weight excluding hydrogens is 448 g/mol. The van der Waals surface area contributed by atoms with Crippen LogP contribution in [0.3, 0.4) is 0 Å². The second kappa shape index (κ2) is 11.9. The molecule has 0 radical (unpaired) electrons. The molecule has 0 saturated carbocycles. The zero-order chi connectivity index (χ0) is 25.4. The zero-order valence-corrected chi connectivity index (χ0v) is 20.2. The fourth-order valence-corrected chi connectivity index (χ4v) is 3.78. The summed E-state index contributed by atoms with van der Waals surface area (Å²) in [4.78, 5) is 38.6. The van der Waals surface area contributed by atoms with Crippen molar-refractivity contribution in [3.05, 3.63) is 77.9 Å². The van der Waals surface area contributed by atoms with E-state index in [1.807, 2.05) is 60.7 Å². The Bertz CT molecular complexity index is 1180. The van der Waals surface area contributed by atoms with Gasteiger partial charge < -0.3 is 24.8 Å². The molecule has 2 amide bonds. The lowest BCUT2D eigenvalue weighted by molar-refractivity contribution is -0.145. The van der Waals surface area contributed by atoms with Crippen LogP contribution in [0.1, 0.15) is 31.0 Å².